The third-order valence-corrected chi connectivity index (χ3v) is 3.88. The summed E-state index contributed by atoms with van der Waals surface area (Å²) in [6.45, 7) is 6.70. The van der Waals surface area contributed by atoms with Crippen molar-refractivity contribution >= 4 is 52.3 Å². The molecule has 0 radical (unpaired) electrons. The quantitative estimate of drug-likeness (QED) is 0.392. The van der Waals surface area contributed by atoms with Crippen LogP contribution in [0.5, 0.6) is 0 Å². The molecule has 0 saturated carbocycles. The van der Waals surface area contributed by atoms with Gasteiger partial charge in [-0.2, -0.15) is 0 Å². The van der Waals surface area contributed by atoms with Crippen LogP contribution in [0.2, 0.25) is 0 Å². The van der Waals surface area contributed by atoms with Crippen LogP contribution in [0.1, 0.15) is 26.5 Å². The lowest BCUT2D eigenvalue weighted by molar-refractivity contribution is -0.122. The number of rotatable bonds is 5. The number of guanidine groups is 1. The SMILES string of the molecule is CN=C(NCc1csc(N(C)C)n1)N(C)CC(=O)NC(C)(C)C.I. The zero-order chi connectivity index (χ0) is 17.6. The first-order valence-electron chi connectivity index (χ1n) is 7.47. The second-order valence-electron chi connectivity index (χ2n) is 6.57. The summed E-state index contributed by atoms with van der Waals surface area (Å²) in [6.07, 6.45) is 0. The largest absolute Gasteiger partial charge is 0.354 e. The Morgan fingerprint density at radius 1 is 1.33 bits per heavy atom. The van der Waals surface area contributed by atoms with E-state index in [1.807, 2.05) is 52.2 Å². The van der Waals surface area contributed by atoms with Gasteiger partial charge in [-0.3, -0.25) is 9.79 Å². The van der Waals surface area contributed by atoms with Gasteiger partial charge in [0.15, 0.2) is 11.1 Å². The van der Waals surface area contributed by atoms with Gasteiger partial charge in [0, 0.05) is 39.1 Å². The fraction of sp³-hybridized carbons (Fsp3) is 0.667. The summed E-state index contributed by atoms with van der Waals surface area (Å²) in [5, 5.41) is 9.15. The van der Waals surface area contributed by atoms with Crippen molar-refractivity contribution in [3.63, 3.8) is 0 Å². The summed E-state index contributed by atoms with van der Waals surface area (Å²) in [5.41, 5.74) is 0.713. The number of hydrogen-bond acceptors (Lipinski definition) is 5. The Morgan fingerprint density at radius 2 is 1.96 bits per heavy atom. The zero-order valence-corrected chi connectivity index (χ0v) is 18.7. The first-order chi connectivity index (χ1) is 10.6. The van der Waals surface area contributed by atoms with Gasteiger partial charge in [-0.15, -0.1) is 35.3 Å². The molecule has 9 heteroatoms. The monoisotopic (exact) mass is 468 g/mol. The Morgan fingerprint density at radius 3 is 2.42 bits per heavy atom. The number of hydrogen-bond donors (Lipinski definition) is 2. The van der Waals surface area contributed by atoms with E-state index in [4.69, 9.17) is 0 Å². The predicted octanol–water partition coefficient (Wildman–Crippen LogP) is 1.75. The molecular formula is C15H29IN6OS. The van der Waals surface area contributed by atoms with Crippen LogP contribution >= 0.6 is 35.3 Å². The third-order valence-electron chi connectivity index (χ3n) is 2.82. The van der Waals surface area contributed by atoms with Crippen molar-refractivity contribution in [2.24, 2.45) is 4.99 Å². The highest BCUT2D eigenvalue weighted by Crippen LogP contribution is 2.17. The smallest absolute Gasteiger partial charge is 0.240 e. The van der Waals surface area contributed by atoms with E-state index in [-0.39, 0.29) is 42.0 Å². The van der Waals surface area contributed by atoms with E-state index in [1.54, 1.807) is 23.3 Å². The highest BCUT2D eigenvalue weighted by Gasteiger charge is 2.16. The molecule has 1 rings (SSSR count). The molecular weight excluding hydrogens is 439 g/mol. The molecule has 0 spiro atoms. The molecule has 1 aromatic heterocycles. The fourth-order valence-corrected chi connectivity index (χ4v) is 2.64. The number of amides is 1. The number of nitrogens with one attached hydrogen (secondary N) is 2. The maximum absolute atomic E-state index is 12.0. The number of carbonyl (C=O) groups excluding carboxylic acids is 1. The fourth-order valence-electron chi connectivity index (χ4n) is 1.89. The van der Waals surface area contributed by atoms with Crippen LogP contribution in [-0.2, 0) is 11.3 Å². The molecule has 24 heavy (non-hydrogen) atoms. The van der Waals surface area contributed by atoms with Crippen LogP contribution in [0, 0.1) is 0 Å². The van der Waals surface area contributed by atoms with E-state index in [0.29, 0.717) is 12.5 Å². The van der Waals surface area contributed by atoms with E-state index in [0.717, 1.165) is 10.8 Å². The molecule has 138 valence electrons. The maximum Gasteiger partial charge on any atom is 0.240 e. The van der Waals surface area contributed by atoms with Gasteiger partial charge in [0.2, 0.25) is 5.91 Å². The van der Waals surface area contributed by atoms with E-state index in [1.165, 1.54) is 0 Å². The minimum atomic E-state index is -0.238. The van der Waals surface area contributed by atoms with Crippen molar-refractivity contribution in [3.8, 4) is 0 Å². The van der Waals surface area contributed by atoms with Crippen LogP contribution in [0.15, 0.2) is 10.4 Å². The molecule has 0 bridgehead atoms. The summed E-state index contributed by atoms with van der Waals surface area (Å²) in [6, 6.07) is 0. The number of aromatic nitrogens is 1. The van der Waals surface area contributed by atoms with E-state index in [2.05, 4.69) is 20.6 Å². The Labute approximate surface area is 165 Å². The molecule has 0 aromatic carbocycles. The molecule has 0 fully saturated rings. The normalized spacial score (nSPS) is 11.5. The van der Waals surface area contributed by atoms with Gasteiger partial charge in [0.1, 0.15) is 0 Å². The summed E-state index contributed by atoms with van der Waals surface area (Å²) >= 11 is 1.60. The minimum absolute atomic E-state index is 0. The van der Waals surface area contributed by atoms with Gasteiger partial charge >= 0.3 is 0 Å². The molecule has 0 aliphatic heterocycles. The average Bonchev–Trinajstić information content (AvgIpc) is 2.86. The maximum atomic E-state index is 12.0. The molecule has 1 heterocycles. The van der Waals surface area contributed by atoms with Crippen LogP contribution in [-0.4, -0.2) is 62.0 Å². The molecule has 2 N–H and O–H groups in total. The molecule has 0 aliphatic rings. The first kappa shape index (κ1) is 22.9. The number of halogens is 1. The van der Waals surface area contributed by atoms with E-state index < -0.39 is 0 Å². The van der Waals surface area contributed by atoms with Crippen LogP contribution in [0.3, 0.4) is 0 Å². The van der Waals surface area contributed by atoms with Crippen LogP contribution < -0.4 is 15.5 Å². The average molecular weight is 468 g/mol. The Balaban J connectivity index is 0.00000529. The van der Waals surface area contributed by atoms with Crippen LogP contribution in [0.4, 0.5) is 5.13 Å². The molecule has 0 unspecified atom stereocenters. The molecule has 0 saturated heterocycles. The van der Waals surface area contributed by atoms with Gasteiger partial charge in [-0.1, -0.05) is 0 Å². The summed E-state index contributed by atoms with van der Waals surface area (Å²) in [7, 11) is 7.48. The van der Waals surface area contributed by atoms with Crippen molar-refractivity contribution < 1.29 is 4.79 Å². The lowest BCUT2D eigenvalue weighted by Crippen LogP contribution is -2.48. The van der Waals surface area contributed by atoms with Crippen molar-refractivity contribution in [1.82, 2.24) is 20.5 Å². The van der Waals surface area contributed by atoms with Crippen molar-refractivity contribution in [3.05, 3.63) is 11.1 Å². The summed E-state index contributed by atoms with van der Waals surface area (Å²) in [4.78, 5) is 24.5. The summed E-state index contributed by atoms with van der Waals surface area (Å²) in [5.74, 6) is 0.625. The van der Waals surface area contributed by atoms with Gasteiger partial charge in [0.05, 0.1) is 18.8 Å². The van der Waals surface area contributed by atoms with Gasteiger partial charge in [-0.05, 0) is 20.8 Å². The van der Waals surface area contributed by atoms with Crippen molar-refractivity contribution in [2.45, 2.75) is 32.9 Å². The van der Waals surface area contributed by atoms with Gasteiger partial charge < -0.3 is 20.4 Å². The number of carbonyl (C=O) groups is 1. The molecule has 0 aliphatic carbocycles. The van der Waals surface area contributed by atoms with E-state index in [9.17, 15) is 4.79 Å². The topological polar surface area (TPSA) is 72.9 Å². The minimum Gasteiger partial charge on any atom is -0.354 e. The van der Waals surface area contributed by atoms with Gasteiger partial charge in [0.25, 0.3) is 0 Å². The van der Waals surface area contributed by atoms with Crippen molar-refractivity contribution in [1.29, 1.82) is 0 Å². The third kappa shape index (κ3) is 8.13. The Kier molecular flexibility index (Phi) is 9.56. The Hall–Kier alpha value is -1.10. The molecule has 7 nitrogen and oxygen atoms in total. The molecule has 1 amide bonds. The number of nitrogens with zero attached hydrogens (tertiary/aromatic N) is 4. The first-order valence-corrected chi connectivity index (χ1v) is 8.35. The zero-order valence-electron chi connectivity index (χ0n) is 15.5. The summed E-state index contributed by atoms with van der Waals surface area (Å²) < 4.78 is 0. The number of likely N-dealkylation sites (N-methyl/N-ethyl adjacent to an activating group) is 1. The molecule has 1 aromatic rings. The highest BCUT2D eigenvalue weighted by molar-refractivity contribution is 14.0. The number of aliphatic imine (C=N–C) groups is 1. The predicted molar refractivity (Wildman–Crippen MR) is 113 cm³/mol. The lowest BCUT2D eigenvalue weighted by atomic mass is 10.1. The van der Waals surface area contributed by atoms with Gasteiger partial charge in [-0.25, -0.2) is 4.98 Å². The van der Waals surface area contributed by atoms with Crippen LogP contribution in [0.25, 0.3) is 0 Å². The molecule has 0 atom stereocenters. The lowest BCUT2D eigenvalue weighted by Gasteiger charge is -2.25. The Bertz CT molecular complexity index is 552. The second-order valence-corrected chi connectivity index (χ2v) is 7.41. The second kappa shape index (κ2) is 10.0. The number of anilines is 1. The highest BCUT2D eigenvalue weighted by atomic mass is 127. The van der Waals surface area contributed by atoms with Crippen molar-refractivity contribution in [2.75, 3.05) is 39.6 Å². The standard InChI is InChI=1S/C15H28N6OS.HI/c1-15(2,3)19-12(22)9-21(7)13(16-4)17-8-11-10-23-14(18-11)20(5)6;/h10H,8-9H2,1-7H3,(H,16,17)(H,19,22);1H. The number of thiazole rings is 1. The van der Waals surface area contributed by atoms with E-state index >= 15 is 0 Å².